The summed E-state index contributed by atoms with van der Waals surface area (Å²) in [4.78, 5) is 33.0. The van der Waals surface area contributed by atoms with Crippen molar-refractivity contribution >= 4 is 45.5 Å². The molecule has 0 saturated carbocycles. The van der Waals surface area contributed by atoms with E-state index in [9.17, 15) is 14.7 Å². The van der Waals surface area contributed by atoms with Crippen LogP contribution < -0.4 is 9.64 Å². The number of carbonyl (C=O) groups excluding carboxylic acids is 2. The van der Waals surface area contributed by atoms with Gasteiger partial charge in [-0.1, -0.05) is 23.7 Å². The Bertz CT molecular complexity index is 1200. The number of halogens is 1. The first-order chi connectivity index (χ1) is 14.8. The summed E-state index contributed by atoms with van der Waals surface area (Å²) in [7, 11) is 1.54. The Hall–Kier alpha value is -3.16. The number of hydrogen-bond donors (Lipinski definition) is 1. The molecule has 1 atom stereocenters. The van der Waals surface area contributed by atoms with Gasteiger partial charge in [-0.3, -0.25) is 14.5 Å². The minimum atomic E-state index is -0.851. The molecule has 0 radical (unpaired) electrons. The summed E-state index contributed by atoms with van der Waals surface area (Å²) in [5.74, 6) is -1.21. The van der Waals surface area contributed by atoms with E-state index in [0.717, 1.165) is 10.6 Å². The Morgan fingerprint density at radius 3 is 2.48 bits per heavy atom. The molecule has 0 aliphatic carbocycles. The molecule has 31 heavy (non-hydrogen) atoms. The molecular formula is C23H19ClN2O4S. The number of amides is 1. The quantitative estimate of drug-likeness (QED) is 0.339. The summed E-state index contributed by atoms with van der Waals surface area (Å²) >= 11 is 7.28. The Balaban J connectivity index is 1.96. The van der Waals surface area contributed by atoms with Gasteiger partial charge in [0.2, 0.25) is 0 Å². The molecule has 6 nitrogen and oxygen atoms in total. The number of anilines is 1. The lowest BCUT2D eigenvalue weighted by molar-refractivity contribution is -0.132. The van der Waals surface area contributed by atoms with Crippen LogP contribution in [-0.2, 0) is 9.59 Å². The van der Waals surface area contributed by atoms with Crippen molar-refractivity contribution in [2.45, 2.75) is 19.9 Å². The van der Waals surface area contributed by atoms with Crippen molar-refractivity contribution in [1.29, 1.82) is 0 Å². The fraction of sp³-hybridized carbons (Fsp3) is 0.174. The fourth-order valence-electron chi connectivity index (χ4n) is 3.48. The zero-order valence-corrected chi connectivity index (χ0v) is 18.6. The van der Waals surface area contributed by atoms with Crippen LogP contribution in [-0.4, -0.2) is 28.9 Å². The first kappa shape index (κ1) is 21.1. The average Bonchev–Trinajstić information content (AvgIpc) is 3.23. The van der Waals surface area contributed by atoms with E-state index in [2.05, 4.69) is 4.98 Å². The number of aryl methyl sites for hydroxylation is 2. The molecule has 1 amide bonds. The van der Waals surface area contributed by atoms with Crippen molar-refractivity contribution in [1.82, 2.24) is 4.98 Å². The molecule has 3 aromatic rings. The summed E-state index contributed by atoms with van der Waals surface area (Å²) < 4.78 is 5.33. The highest BCUT2D eigenvalue weighted by atomic mass is 35.5. The van der Waals surface area contributed by atoms with Crippen LogP contribution in [0, 0.1) is 13.8 Å². The van der Waals surface area contributed by atoms with Gasteiger partial charge in [0.1, 0.15) is 11.5 Å². The van der Waals surface area contributed by atoms with Gasteiger partial charge < -0.3 is 9.84 Å². The average molecular weight is 455 g/mol. The van der Waals surface area contributed by atoms with E-state index in [1.165, 1.54) is 23.3 Å². The summed E-state index contributed by atoms with van der Waals surface area (Å²) in [6.45, 7) is 3.75. The van der Waals surface area contributed by atoms with Gasteiger partial charge in [0.25, 0.3) is 5.78 Å². The third-order valence-electron chi connectivity index (χ3n) is 5.19. The molecule has 8 heteroatoms. The zero-order valence-electron chi connectivity index (χ0n) is 17.0. The second-order valence-electron chi connectivity index (χ2n) is 7.09. The van der Waals surface area contributed by atoms with Crippen molar-refractivity contribution in [3.63, 3.8) is 0 Å². The number of hydrogen-bond acceptors (Lipinski definition) is 6. The lowest BCUT2D eigenvalue weighted by atomic mass is 9.95. The predicted octanol–water partition coefficient (Wildman–Crippen LogP) is 5.05. The molecule has 2 aromatic carbocycles. The Morgan fingerprint density at radius 1 is 1.16 bits per heavy atom. The maximum atomic E-state index is 13.1. The monoisotopic (exact) mass is 454 g/mol. The Labute approximate surface area is 188 Å². The van der Waals surface area contributed by atoms with E-state index in [0.29, 0.717) is 27.0 Å². The molecule has 1 aliphatic rings. The van der Waals surface area contributed by atoms with Crippen molar-refractivity contribution in [2.75, 3.05) is 12.0 Å². The summed E-state index contributed by atoms with van der Waals surface area (Å²) in [5.41, 5.74) is 1.79. The summed E-state index contributed by atoms with van der Waals surface area (Å²) in [6.07, 6.45) is 0. The second-order valence-corrected chi connectivity index (χ2v) is 8.71. The SMILES string of the molecule is COc1cccc(C2/C(=C(\O)c3ccc(Cl)cc3)C(=O)C(=O)N2c2nc(C)c(C)s2)c1. The third-order valence-corrected chi connectivity index (χ3v) is 6.52. The molecule has 4 rings (SSSR count). The van der Waals surface area contributed by atoms with Gasteiger partial charge >= 0.3 is 5.91 Å². The zero-order chi connectivity index (χ0) is 22.3. The van der Waals surface area contributed by atoms with Gasteiger partial charge in [-0.25, -0.2) is 4.98 Å². The van der Waals surface area contributed by atoms with Crippen molar-refractivity contribution in [2.24, 2.45) is 0 Å². The number of Topliss-reactive ketones (excluding diaryl/α,β-unsaturated/α-hetero) is 1. The van der Waals surface area contributed by atoms with Gasteiger partial charge in [0.15, 0.2) is 5.13 Å². The lowest BCUT2D eigenvalue weighted by Gasteiger charge is -2.23. The van der Waals surface area contributed by atoms with Crippen LogP contribution in [0.4, 0.5) is 5.13 Å². The Kier molecular flexibility index (Phi) is 5.56. The van der Waals surface area contributed by atoms with Gasteiger partial charge in [-0.2, -0.15) is 0 Å². The van der Waals surface area contributed by atoms with E-state index in [4.69, 9.17) is 16.3 Å². The van der Waals surface area contributed by atoms with Crippen molar-refractivity contribution < 1.29 is 19.4 Å². The number of ether oxygens (including phenoxy) is 1. The number of aromatic nitrogens is 1. The maximum Gasteiger partial charge on any atom is 0.301 e. The number of nitrogens with zero attached hydrogens (tertiary/aromatic N) is 2. The molecule has 1 aliphatic heterocycles. The highest BCUT2D eigenvalue weighted by Gasteiger charge is 2.48. The van der Waals surface area contributed by atoms with Gasteiger partial charge in [-0.05, 0) is 55.8 Å². The molecule has 1 unspecified atom stereocenters. The maximum absolute atomic E-state index is 13.1. The summed E-state index contributed by atoms with van der Waals surface area (Å²) in [6, 6.07) is 12.6. The minimum Gasteiger partial charge on any atom is -0.507 e. The van der Waals surface area contributed by atoms with Crippen LogP contribution in [0.5, 0.6) is 5.75 Å². The van der Waals surface area contributed by atoms with E-state index < -0.39 is 17.7 Å². The molecule has 2 heterocycles. The van der Waals surface area contributed by atoms with Gasteiger partial charge in [-0.15, -0.1) is 11.3 Å². The number of aliphatic hydroxyl groups is 1. The van der Waals surface area contributed by atoms with Crippen LogP contribution in [0.2, 0.25) is 5.02 Å². The largest absolute Gasteiger partial charge is 0.507 e. The number of thiazole rings is 1. The molecule has 1 fully saturated rings. The third kappa shape index (κ3) is 3.71. The van der Waals surface area contributed by atoms with Gasteiger partial charge in [0, 0.05) is 15.5 Å². The normalized spacial score (nSPS) is 17.9. The molecule has 1 N–H and O–H groups in total. The molecule has 0 spiro atoms. The van der Waals surface area contributed by atoms with Crippen LogP contribution in [0.1, 0.15) is 27.7 Å². The first-order valence-corrected chi connectivity index (χ1v) is 10.7. The number of rotatable bonds is 4. The molecule has 158 valence electrons. The molecule has 0 bridgehead atoms. The van der Waals surface area contributed by atoms with E-state index >= 15 is 0 Å². The number of carbonyl (C=O) groups is 2. The van der Waals surface area contributed by atoms with Crippen LogP contribution >= 0.6 is 22.9 Å². The van der Waals surface area contributed by atoms with Crippen LogP contribution in [0.15, 0.2) is 54.1 Å². The first-order valence-electron chi connectivity index (χ1n) is 9.46. The minimum absolute atomic E-state index is 0.00826. The highest BCUT2D eigenvalue weighted by Crippen LogP contribution is 2.44. The molecular weight excluding hydrogens is 436 g/mol. The molecule has 1 aromatic heterocycles. The van der Waals surface area contributed by atoms with Crippen LogP contribution in [0.3, 0.4) is 0 Å². The van der Waals surface area contributed by atoms with Crippen molar-refractivity contribution in [3.05, 3.63) is 80.8 Å². The number of ketones is 1. The number of methoxy groups -OCH3 is 1. The van der Waals surface area contributed by atoms with E-state index in [1.807, 2.05) is 13.8 Å². The van der Waals surface area contributed by atoms with E-state index in [-0.39, 0.29) is 11.3 Å². The predicted molar refractivity (Wildman–Crippen MR) is 121 cm³/mol. The second kappa shape index (κ2) is 8.17. The van der Waals surface area contributed by atoms with Crippen molar-refractivity contribution in [3.8, 4) is 5.75 Å². The van der Waals surface area contributed by atoms with Gasteiger partial charge in [0.05, 0.1) is 24.4 Å². The lowest BCUT2D eigenvalue weighted by Crippen LogP contribution is -2.29. The standard InChI is InChI=1S/C23H19ClN2O4S/c1-12-13(2)31-23(25-12)26-19(15-5-4-6-17(11-15)30-3)18(21(28)22(26)29)20(27)14-7-9-16(24)10-8-14/h4-11,19,27H,1-3H3/b20-18+. The Morgan fingerprint density at radius 2 is 1.87 bits per heavy atom. The smallest absolute Gasteiger partial charge is 0.301 e. The molecule has 1 saturated heterocycles. The number of aliphatic hydroxyl groups excluding tert-OH is 1. The van der Waals surface area contributed by atoms with E-state index in [1.54, 1.807) is 48.5 Å². The topological polar surface area (TPSA) is 79.7 Å². The fourth-order valence-corrected chi connectivity index (χ4v) is 4.54. The van der Waals surface area contributed by atoms with Crippen LogP contribution in [0.25, 0.3) is 5.76 Å². The summed E-state index contributed by atoms with van der Waals surface area (Å²) in [5, 5.41) is 12.0. The number of benzene rings is 2. The highest BCUT2D eigenvalue weighted by molar-refractivity contribution is 7.16.